The van der Waals surface area contributed by atoms with Crippen molar-refractivity contribution >= 4 is 23.7 Å². The lowest BCUT2D eigenvalue weighted by atomic mass is 10.1. The second-order valence-electron chi connectivity index (χ2n) is 6.46. The van der Waals surface area contributed by atoms with Crippen LogP contribution in [0.5, 0.6) is 0 Å². The van der Waals surface area contributed by atoms with E-state index >= 15 is 0 Å². The Hall–Kier alpha value is -3.10. The fraction of sp³-hybridized carbons (Fsp3) is 0.474. The summed E-state index contributed by atoms with van der Waals surface area (Å²) in [5.74, 6) is -0.968. The topological polar surface area (TPSA) is 124 Å². The summed E-state index contributed by atoms with van der Waals surface area (Å²) in [7, 11) is 1.27. The van der Waals surface area contributed by atoms with Crippen molar-refractivity contribution in [3.05, 3.63) is 34.3 Å². The van der Waals surface area contributed by atoms with Crippen molar-refractivity contribution < 1.29 is 28.4 Å². The van der Waals surface area contributed by atoms with Crippen molar-refractivity contribution in [2.45, 2.75) is 53.1 Å². The molecular weight excluding hydrogens is 366 g/mol. The number of aryl methyl sites for hydroxylation is 2. The van der Waals surface area contributed by atoms with E-state index in [2.05, 4.69) is 15.5 Å². The lowest BCUT2D eigenvalue weighted by Gasteiger charge is -2.16. The summed E-state index contributed by atoms with van der Waals surface area (Å²) in [6, 6.07) is 1.57. The molecule has 0 radical (unpaired) electrons. The Labute approximate surface area is 162 Å². The van der Waals surface area contributed by atoms with Crippen molar-refractivity contribution in [3.8, 4) is 0 Å². The Morgan fingerprint density at radius 3 is 2.54 bits per heavy atom. The lowest BCUT2D eigenvalue weighted by molar-refractivity contribution is -0.125. The second kappa shape index (κ2) is 9.20. The molecule has 0 saturated heterocycles. The van der Waals surface area contributed by atoms with Crippen LogP contribution in [0.25, 0.3) is 0 Å². The number of amides is 1. The van der Waals surface area contributed by atoms with Gasteiger partial charge in [-0.05, 0) is 39.2 Å². The summed E-state index contributed by atoms with van der Waals surface area (Å²) in [6.45, 7) is 6.95. The van der Waals surface area contributed by atoms with Gasteiger partial charge >= 0.3 is 11.9 Å². The molecule has 0 aliphatic heterocycles. The van der Waals surface area contributed by atoms with E-state index < -0.39 is 23.9 Å². The van der Waals surface area contributed by atoms with Gasteiger partial charge in [0.15, 0.2) is 11.9 Å². The fourth-order valence-electron chi connectivity index (χ4n) is 2.82. The van der Waals surface area contributed by atoms with Gasteiger partial charge in [0.05, 0.1) is 12.7 Å². The Morgan fingerprint density at radius 1 is 1.25 bits per heavy atom. The summed E-state index contributed by atoms with van der Waals surface area (Å²) in [5.41, 5.74) is 1.30. The summed E-state index contributed by atoms with van der Waals surface area (Å²) in [4.78, 5) is 39.9. The van der Waals surface area contributed by atoms with Crippen LogP contribution in [0.15, 0.2) is 10.6 Å². The third kappa shape index (κ3) is 4.79. The monoisotopic (exact) mass is 391 g/mol. The van der Waals surface area contributed by atoms with Crippen LogP contribution in [-0.4, -0.2) is 41.2 Å². The minimum Gasteiger partial charge on any atom is -0.465 e. The van der Waals surface area contributed by atoms with Gasteiger partial charge in [-0.15, -0.1) is 0 Å². The van der Waals surface area contributed by atoms with Crippen LogP contribution in [0, 0.1) is 20.8 Å². The first-order valence-electron chi connectivity index (χ1n) is 9.01. The normalized spacial score (nSPS) is 11.8. The van der Waals surface area contributed by atoms with Crippen LogP contribution < -0.4 is 5.32 Å². The SMILES string of the molecule is CCCCC(OC(=O)c1[nH]c(C)c(C(=O)OC)c1C)C(=O)Nc1cc(C)on1. The molecule has 1 amide bonds. The number of hydrogen-bond donors (Lipinski definition) is 2. The van der Waals surface area contributed by atoms with Gasteiger partial charge in [0.1, 0.15) is 11.5 Å². The maximum atomic E-state index is 12.7. The maximum Gasteiger partial charge on any atom is 0.355 e. The van der Waals surface area contributed by atoms with Gasteiger partial charge < -0.3 is 24.3 Å². The van der Waals surface area contributed by atoms with E-state index in [4.69, 9.17) is 14.0 Å². The van der Waals surface area contributed by atoms with Crippen LogP contribution in [-0.2, 0) is 14.3 Å². The Kier molecular flexibility index (Phi) is 6.97. The molecule has 9 nitrogen and oxygen atoms in total. The van der Waals surface area contributed by atoms with Crippen LogP contribution in [0.3, 0.4) is 0 Å². The van der Waals surface area contributed by atoms with Gasteiger partial charge in [-0.3, -0.25) is 4.79 Å². The molecule has 1 atom stereocenters. The number of anilines is 1. The number of carbonyl (C=O) groups excluding carboxylic acids is 3. The van der Waals surface area contributed by atoms with Gasteiger partial charge in [0.25, 0.3) is 5.91 Å². The predicted octanol–water partition coefficient (Wildman–Crippen LogP) is 3.07. The molecular formula is C19H25N3O6. The maximum absolute atomic E-state index is 12.7. The zero-order valence-electron chi connectivity index (χ0n) is 16.7. The molecule has 2 N–H and O–H groups in total. The summed E-state index contributed by atoms with van der Waals surface area (Å²) in [5, 5.41) is 6.29. The molecule has 2 aromatic rings. The second-order valence-corrected chi connectivity index (χ2v) is 6.46. The molecule has 0 saturated carbocycles. The molecule has 2 heterocycles. The minimum absolute atomic E-state index is 0.115. The van der Waals surface area contributed by atoms with Crippen molar-refractivity contribution in [1.29, 1.82) is 0 Å². The number of ether oxygens (including phenoxy) is 2. The number of carbonyl (C=O) groups is 3. The number of esters is 2. The first-order valence-corrected chi connectivity index (χ1v) is 9.01. The van der Waals surface area contributed by atoms with E-state index in [-0.39, 0.29) is 17.1 Å². The van der Waals surface area contributed by atoms with E-state index in [0.29, 0.717) is 29.9 Å². The van der Waals surface area contributed by atoms with E-state index in [1.54, 1.807) is 26.8 Å². The van der Waals surface area contributed by atoms with Gasteiger partial charge in [0.2, 0.25) is 0 Å². The van der Waals surface area contributed by atoms with Crippen LogP contribution in [0.1, 0.15) is 64.1 Å². The molecule has 0 fully saturated rings. The first kappa shape index (κ1) is 21.2. The number of aromatic amines is 1. The van der Waals surface area contributed by atoms with Crippen molar-refractivity contribution in [2.24, 2.45) is 0 Å². The number of hydrogen-bond acceptors (Lipinski definition) is 7. The predicted molar refractivity (Wildman–Crippen MR) is 100 cm³/mol. The molecule has 2 aromatic heterocycles. The lowest BCUT2D eigenvalue weighted by Crippen LogP contribution is -2.33. The Balaban J connectivity index is 2.18. The van der Waals surface area contributed by atoms with Gasteiger partial charge in [0, 0.05) is 11.8 Å². The quantitative estimate of drug-likeness (QED) is 0.663. The first-order chi connectivity index (χ1) is 13.3. The fourth-order valence-corrected chi connectivity index (χ4v) is 2.82. The zero-order valence-corrected chi connectivity index (χ0v) is 16.7. The molecule has 1 unspecified atom stereocenters. The molecule has 152 valence electrons. The molecule has 9 heteroatoms. The standard InChI is InChI=1S/C19H25N3O6/c1-6-7-8-13(17(23)21-14-9-10(2)28-22-14)27-19(25)16-11(3)15(12(4)20-16)18(24)26-5/h9,13,20H,6-8H2,1-5H3,(H,21,22,23). The van der Waals surface area contributed by atoms with Crippen LogP contribution in [0.4, 0.5) is 5.82 Å². The Morgan fingerprint density at radius 2 is 1.96 bits per heavy atom. The number of methoxy groups -OCH3 is 1. The average Bonchev–Trinajstić information content (AvgIpc) is 3.19. The van der Waals surface area contributed by atoms with Crippen molar-refractivity contribution in [2.75, 3.05) is 12.4 Å². The zero-order chi connectivity index (χ0) is 20.8. The van der Waals surface area contributed by atoms with Gasteiger partial charge in [-0.25, -0.2) is 9.59 Å². The van der Waals surface area contributed by atoms with E-state index in [9.17, 15) is 14.4 Å². The number of H-pyrrole nitrogens is 1. The molecule has 0 aromatic carbocycles. The highest BCUT2D eigenvalue weighted by molar-refractivity contribution is 6.00. The van der Waals surface area contributed by atoms with E-state index in [0.717, 1.165) is 6.42 Å². The highest BCUT2D eigenvalue weighted by atomic mass is 16.5. The summed E-state index contributed by atoms with van der Waals surface area (Å²) < 4.78 is 15.1. The highest BCUT2D eigenvalue weighted by Gasteiger charge is 2.28. The smallest absolute Gasteiger partial charge is 0.355 e. The number of nitrogens with zero attached hydrogens (tertiary/aromatic N) is 1. The van der Waals surface area contributed by atoms with Crippen LogP contribution in [0.2, 0.25) is 0 Å². The van der Waals surface area contributed by atoms with E-state index in [1.807, 2.05) is 6.92 Å². The molecule has 0 bridgehead atoms. The molecule has 0 spiro atoms. The Bertz CT molecular complexity index is 867. The summed E-state index contributed by atoms with van der Waals surface area (Å²) >= 11 is 0. The number of unbranched alkanes of at least 4 members (excludes halogenated alkanes) is 1. The largest absolute Gasteiger partial charge is 0.465 e. The number of aromatic nitrogens is 2. The third-order valence-electron chi connectivity index (χ3n) is 4.27. The number of rotatable bonds is 8. The minimum atomic E-state index is -1.01. The third-order valence-corrected chi connectivity index (χ3v) is 4.27. The number of nitrogens with one attached hydrogen (secondary N) is 2. The molecule has 0 aliphatic carbocycles. The van der Waals surface area contributed by atoms with Crippen molar-refractivity contribution in [3.63, 3.8) is 0 Å². The molecule has 28 heavy (non-hydrogen) atoms. The van der Waals surface area contributed by atoms with E-state index in [1.165, 1.54) is 7.11 Å². The van der Waals surface area contributed by atoms with Gasteiger partial charge in [-0.1, -0.05) is 18.5 Å². The summed E-state index contributed by atoms with van der Waals surface area (Å²) in [6.07, 6.45) is 0.874. The van der Waals surface area contributed by atoms with Gasteiger partial charge in [-0.2, -0.15) is 0 Å². The van der Waals surface area contributed by atoms with Crippen LogP contribution >= 0.6 is 0 Å². The molecule has 2 rings (SSSR count). The van der Waals surface area contributed by atoms with Crippen molar-refractivity contribution in [1.82, 2.24) is 10.1 Å². The average molecular weight is 391 g/mol. The highest BCUT2D eigenvalue weighted by Crippen LogP contribution is 2.21. The molecule has 0 aliphatic rings.